The Balaban J connectivity index is 1.28. The molecule has 1 atom stereocenters. The number of amides is 4. The number of hydrogen-bond donors (Lipinski definition) is 3. The van der Waals surface area contributed by atoms with Gasteiger partial charge >= 0.3 is 0 Å². The van der Waals surface area contributed by atoms with Crippen LogP contribution in [0.3, 0.4) is 0 Å². The van der Waals surface area contributed by atoms with Crippen molar-refractivity contribution in [2.45, 2.75) is 74.9 Å². The first-order valence-electron chi connectivity index (χ1n) is 23.9. The first kappa shape index (κ1) is 55.3. The second-order valence-corrected chi connectivity index (χ2v) is 20.8. The minimum absolute atomic E-state index is 0.00196. The standard InChI is InChI=1S/C51H63N9O11S2/c1-3-8-43(61)32-57(26-21-39-11-16-44(17-12-39)72(52,66)67)49(63)34-59(31-41-15-20-46-47(29-41)71-37-70-46)50(64)33-58(27-22-40-13-18-45(19-14-40)73(53,68)69)51(65)35-60(38(2)42-9-5-4-6-10-42)48(62)30-54-23-7-25-56-28-24-55-36-56/h4-6,9-20,24,28-29,36,38,54H,3,7-8,21-23,25-27,30-35,37H2,1-2H3,(H2,52,66,67)(H2,53,68,69). The van der Waals surface area contributed by atoms with Gasteiger partial charge in [-0.25, -0.2) is 32.1 Å². The minimum Gasteiger partial charge on any atom is -0.454 e. The highest BCUT2D eigenvalue weighted by Gasteiger charge is 2.30. The van der Waals surface area contributed by atoms with Gasteiger partial charge in [0.15, 0.2) is 17.3 Å². The summed E-state index contributed by atoms with van der Waals surface area (Å²) in [5.74, 6) is -1.37. The monoisotopic (exact) mass is 1040 g/mol. The van der Waals surface area contributed by atoms with Crippen LogP contribution in [0.25, 0.3) is 0 Å². The zero-order chi connectivity index (χ0) is 52.5. The number of carbonyl (C=O) groups excluding carboxylic acids is 5. The Kier molecular flexibility index (Phi) is 19.8. The van der Waals surface area contributed by atoms with Crippen LogP contribution in [-0.2, 0) is 70.0 Å². The van der Waals surface area contributed by atoms with Crippen molar-refractivity contribution in [3.8, 4) is 11.5 Å². The number of imidazole rings is 1. The van der Waals surface area contributed by atoms with Crippen LogP contribution in [0, 0.1) is 0 Å². The number of nitrogens with two attached hydrogens (primary N) is 2. The van der Waals surface area contributed by atoms with Crippen molar-refractivity contribution >= 4 is 49.5 Å². The lowest BCUT2D eigenvalue weighted by atomic mass is 10.1. The SMILES string of the molecule is CCCC(=O)CN(CCc1ccc(S(N)(=O)=O)cc1)C(=O)CN(Cc1ccc2c(c1)OCO2)C(=O)CN(CCc1ccc(S(N)(=O)=O)cc1)C(=O)CN(C(=O)CNCCCn1ccnc1)C(C)c1ccccc1. The van der Waals surface area contributed by atoms with Crippen molar-refractivity contribution < 1.29 is 50.3 Å². The first-order chi connectivity index (χ1) is 34.9. The second kappa shape index (κ2) is 26.1. The van der Waals surface area contributed by atoms with E-state index in [0.29, 0.717) is 54.1 Å². The van der Waals surface area contributed by atoms with E-state index in [9.17, 15) is 40.8 Å². The zero-order valence-electron chi connectivity index (χ0n) is 41.0. The molecule has 20 nitrogen and oxygen atoms in total. The number of rotatable bonds is 28. The van der Waals surface area contributed by atoms with Gasteiger partial charge in [0.2, 0.25) is 50.5 Å². The maximum Gasteiger partial charge on any atom is 0.242 e. The summed E-state index contributed by atoms with van der Waals surface area (Å²) in [5, 5.41) is 13.8. The summed E-state index contributed by atoms with van der Waals surface area (Å²) in [7, 11) is -7.94. The van der Waals surface area contributed by atoms with E-state index < -0.39 is 63.4 Å². The van der Waals surface area contributed by atoms with Gasteiger partial charge in [-0.3, -0.25) is 24.0 Å². The van der Waals surface area contributed by atoms with Crippen molar-refractivity contribution in [1.29, 1.82) is 0 Å². The van der Waals surface area contributed by atoms with Crippen molar-refractivity contribution in [2.75, 3.05) is 59.2 Å². The van der Waals surface area contributed by atoms with E-state index in [1.807, 2.05) is 54.9 Å². The number of aromatic nitrogens is 2. The number of aryl methyl sites for hydroxylation is 1. The van der Waals surface area contributed by atoms with Gasteiger partial charge in [0.25, 0.3) is 0 Å². The van der Waals surface area contributed by atoms with Crippen LogP contribution in [0.1, 0.15) is 61.4 Å². The van der Waals surface area contributed by atoms with Crippen LogP contribution in [0.4, 0.5) is 0 Å². The second-order valence-electron chi connectivity index (χ2n) is 17.7. The number of sulfonamides is 2. The third-order valence-corrected chi connectivity index (χ3v) is 14.1. The van der Waals surface area contributed by atoms with Gasteiger partial charge in [0.05, 0.1) is 41.8 Å². The van der Waals surface area contributed by atoms with Crippen molar-refractivity contribution in [2.24, 2.45) is 10.3 Å². The fraction of sp³-hybridized carbons (Fsp3) is 0.373. The van der Waals surface area contributed by atoms with Crippen LogP contribution in [0.2, 0.25) is 0 Å². The van der Waals surface area contributed by atoms with Crippen molar-refractivity contribution in [3.05, 3.63) is 138 Å². The molecular weight excluding hydrogens is 979 g/mol. The molecule has 1 aliphatic heterocycles. The normalized spacial score (nSPS) is 12.5. The third-order valence-electron chi connectivity index (χ3n) is 12.2. The van der Waals surface area contributed by atoms with E-state index in [1.54, 1.807) is 55.0 Å². The molecule has 4 aromatic carbocycles. The Morgan fingerprint density at radius 1 is 0.699 bits per heavy atom. The average molecular weight is 1040 g/mol. The summed E-state index contributed by atoms with van der Waals surface area (Å²) in [4.78, 5) is 80.8. The summed E-state index contributed by atoms with van der Waals surface area (Å²) < 4.78 is 60.9. The Labute approximate surface area is 426 Å². The Bertz CT molecular complexity index is 2890. The number of hydrogen-bond acceptors (Lipinski definition) is 13. The molecule has 2 heterocycles. The highest BCUT2D eigenvalue weighted by atomic mass is 32.2. The summed E-state index contributed by atoms with van der Waals surface area (Å²) in [6.45, 7) is 2.94. The number of Topliss-reactive ketones (excluding diaryl/α,β-unsaturated/α-hetero) is 1. The molecule has 0 spiro atoms. The topological polar surface area (TPSA) is 267 Å². The molecule has 6 rings (SSSR count). The summed E-state index contributed by atoms with van der Waals surface area (Å²) in [6, 6.07) is 25.4. The smallest absolute Gasteiger partial charge is 0.242 e. The van der Waals surface area contributed by atoms with E-state index in [2.05, 4.69) is 10.3 Å². The number of nitrogens with zero attached hydrogens (tertiary/aromatic N) is 6. The van der Waals surface area contributed by atoms with Crippen LogP contribution in [0.15, 0.2) is 126 Å². The van der Waals surface area contributed by atoms with Crippen LogP contribution >= 0.6 is 0 Å². The van der Waals surface area contributed by atoms with Crippen LogP contribution in [-0.4, -0.2) is 135 Å². The van der Waals surface area contributed by atoms with Gasteiger partial charge in [-0.1, -0.05) is 67.6 Å². The lowest BCUT2D eigenvalue weighted by Crippen LogP contribution is -2.51. The number of nitrogens with one attached hydrogen (secondary N) is 1. The number of benzene rings is 4. The molecule has 0 bridgehead atoms. The molecule has 22 heteroatoms. The molecule has 73 heavy (non-hydrogen) atoms. The predicted molar refractivity (Wildman–Crippen MR) is 270 cm³/mol. The lowest BCUT2D eigenvalue weighted by Gasteiger charge is -2.33. The summed E-state index contributed by atoms with van der Waals surface area (Å²) in [6.07, 6.45) is 7.11. The Hall–Kier alpha value is -6.98. The summed E-state index contributed by atoms with van der Waals surface area (Å²) in [5.41, 5.74) is 2.65. The van der Waals surface area contributed by atoms with Gasteiger partial charge in [0, 0.05) is 45.0 Å². The molecule has 0 radical (unpaired) electrons. The van der Waals surface area contributed by atoms with Gasteiger partial charge in [-0.05, 0) is 97.8 Å². The van der Waals surface area contributed by atoms with Gasteiger partial charge in [-0.15, -0.1) is 0 Å². The van der Waals surface area contributed by atoms with Gasteiger partial charge in [-0.2, -0.15) is 0 Å². The highest BCUT2D eigenvalue weighted by Crippen LogP contribution is 2.33. The predicted octanol–water partition coefficient (Wildman–Crippen LogP) is 3.02. The summed E-state index contributed by atoms with van der Waals surface area (Å²) >= 11 is 0. The molecule has 390 valence electrons. The minimum atomic E-state index is -3.99. The van der Waals surface area contributed by atoms with Crippen LogP contribution < -0.4 is 25.1 Å². The number of ether oxygens (including phenoxy) is 2. The zero-order valence-corrected chi connectivity index (χ0v) is 42.6. The van der Waals surface area contributed by atoms with E-state index in [0.717, 1.165) is 5.56 Å². The van der Waals surface area contributed by atoms with Gasteiger partial charge < -0.3 is 39.0 Å². The quantitative estimate of drug-likeness (QED) is 0.0609. The lowest BCUT2D eigenvalue weighted by molar-refractivity contribution is -0.147. The Morgan fingerprint density at radius 3 is 1.85 bits per heavy atom. The molecule has 5 aromatic rings. The highest BCUT2D eigenvalue weighted by molar-refractivity contribution is 7.89. The molecular formula is C51H63N9O11S2. The first-order valence-corrected chi connectivity index (χ1v) is 26.9. The van der Waals surface area contributed by atoms with Gasteiger partial charge in [0.1, 0.15) is 13.1 Å². The molecule has 1 unspecified atom stereocenters. The maximum atomic E-state index is 14.9. The van der Waals surface area contributed by atoms with Crippen LogP contribution in [0.5, 0.6) is 11.5 Å². The number of fused-ring (bicyclic) bond motifs is 1. The fourth-order valence-corrected chi connectivity index (χ4v) is 9.12. The molecule has 0 fully saturated rings. The number of ketones is 1. The van der Waals surface area contributed by atoms with E-state index in [4.69, 9.17) is 19.8 Å². The Morgan fingerprint density at radius 2 is 1.26 bits per heavy atom. The molecule has 1 aliphatic rings. The maximum absolute atomic E-state index is 14.9. The molecule has 0 saturated carbocycles. The third kappa shape index (κ3) is 16.8. The number of primary sulfonamides is 2. The van der Waals surface area contributed by atoms with Crippen molar-refractivity contribution in [3.63, 3.8) is 0 Å². The molecule has 1 aromatic heterocycles. The van der Waals surface area contributed by atoms with Crippen molar-refractivity contribution in [1.82, 2.24) is 34.5 Å². The molecule has 0 aliphatic carbocycles. The van der Waals surface area contributed by atoms with E-state index in [1.165, 1.54) is 43.9 Å². The molecule has 5 N–H and O–H groups in total. The largest absolute Gasteiger partial charge is 0.454 e. The average Bonchev–Trinajstić information content (AvgIpc) is 4.08. The fourth-order valence-electron chi connectivity index (χ4n) is 8.09. The molecule has 4 amide bonds. The number of carbonyl (C=O) groups is 5. The van der Waals surface area contributed by atoms with E-state index in [-0.39, 0.29) is 80.3 Å². The molecule has 0 saturated heterocycles. The van der Waals surface area contributed by atoms with E-state index >= 15 is 0 Å².